The Morgan fingerprint density at radius 1 is 0.807 bits per heavy atom. The van der Waals surface area contributed by atoms with Crippen LogP contribution in [0.4, 0.5) is 0 Å². The molecule has 0 bridgehead atoms. The van der Waals surface area contributed by atoms with Gasteiger partial charge in [0.2, 0.25) is 0 Å². The summed E-state index contributed by atoms with van der Waals surface area (Å²) in [7, 11) is 0. The summed E-state index contributed by atoms with van der Waals surface area (Å²) in [6, 6.07) is 35.3. The second kappa shape index (κ2) is 14.6. The first-order chi connectivity index (χ1) is 28.2. The fourth-order valence-corrected chi connectivity index (χ4v) is 12.4. The molecule has 0 amide bonds. The molecule has 1 saturated carbocycles. The molecular formula is C51H49N5S. The summed E-state index contributed by atoms with van der Waals surface area (Å²) in [4.78, 5) is 18.1. The second-order valence-electron chi connectivity index (χ2n) is 16.8. The Morgan fingerprint density at radius 3 is 2.47 bits per heavy atom. The van der Waals surface area contributed by atoms with Gasteiger partial charge in [0.05, 0.1) is 16.9 Å². The van der Waals surface area contributed by atoms with Crippen molar-refractivity contribution in [1.29, 1.82) is 0 Å². The van der Waals surface area contributed by atoms with Crippen molar-refractivity contribution in [3.8, 4) is 16.9 Å². The summed E-state index contributed by atoms with van der Waals surface area (Å²) in [5.41, 5.74) is 14.0. The summed E-state index contributed by atoms with van der Waals surface area (Å²) in [6.45, 7) is 2.43. The van der Waals surface area contributed by atoms with Gasteiger partial charge < -0.3 is 9.88 Å². The number of hydrogen-bond acceptors (Lipinski definition) is 5. The minimum absolute atomic E-state index is 0.0225. The molecule has 6 heteroatoms. The van der Waals surface area contributed by atoms with E-state index in [2.05, 4.69) is 150 Å². The van der Waals surface area contributed by atoms with E-state index in [0.717, 1.165) is 60.7 Å². The van der Waals surface area contributed by atoms with Gasteiger partial charge in [0.15, 0.2) is 5.84 Å². The van der Waals surface area contributed by atoms with Gasteiger partial charge in [0.25, 0.3) is 0 Å². The minimum atomic E-state index is -0.0225. The third-order valence-electron chi connectivity index (χ3n) is 13.5. The first kappa shape index (κ1) is 35.0. The SMILES string of the molecule is CC1CCCCC1C1N=C(c2nc(-c3ccccc3)ccc2C2=CCCC3SC4=C(CCc5c4n(-c4ccccc4)c4ccccc54)C23)N=C(C2=CC=CCC2)N1. The number of pyridine rings is 1. The lowest BCUT2D eigenvalue weighted by atomic mass is 9.75. The van der Waals surface area contributed by atoms with E-state index < -0.39 is 0 Å². The van der Waals surface area contributed by atoms with E-state index in [0.29, 0.717) is 23.0 Å². The molecule has 5 atom stereocenters. The smallest absolute Gasteiger partial charge is 0.178 e. The van der Waals surface area contributed by atoms with Crippen LogP contribution in [0, 0.1) is 17.8 Å². The third kappa shape index (κ3) is 6.10. The standard InChI is InChI=1S/C51H49N5S/c1-32-16-11-12-23-36(32)50-53-49(34-19-7-3-8-20-34)54-51(55-50)46-39(30-31-42(52-46)33-17-5-2-6-18-33)38-25-15-27-44-45(38)41-29-28-40-37-24-13-14-26-43(37)56(47(40)48(41)57-44)35-21-9-4-10-22-35/h2-7,9-10,13-14,17-19,21-22,24-26,30-32,36,44-45,50H,8,11-12,15-16,20,23,27-29H2,1H3,(H,53,54,55). The molecule has 284 valence electrons. The summed E-state index contributed by atoms with van der Waals surface area (Å²) in [5.74, 6) is 3.16. The summed E-state index contributed by atoms with van der Waals surface area (Å²) < 4.78 is 2.55. The number of hydrogen-bond donors (Lipinski definition) is 1. The van der Waals surface area contributed by atoms with Crippen molar-refractivity contribution in [2.24, 2.45) is 27.7 Å². The van der Waals surface area contributed by atoms with Crippen LogP contribution in [0.1, 0.15) is 87.2 Å². The molecule has 4 heterocycles. The predicted octanol–water partition coefficient (Wildman–Crippen LogP) is 12.1. The maximum Gasteiger partial charge on any atom is 0.178 e. The Labute approximate surface area is 340 Å². The van der Waals surface area contributed by atoms with Gasteiger partial charge in [0, 0.05) is 44.2 Å². The molecule has 2 aromatic heterocycles. The molecule has 3 aromatic carbocycles. The zero-order valence-corrected chi connectivity index (χ0v) is 33.5. The Bertz CT molecular complexity index is 2570. The molecule has 4 aliphatic carbocycles. The molecule has 5 unspecified atom stereocenters. The topological polar surface area (TPSA) is 54.6 Å². The van der Waals surface area contributed by atoms with E-state index >= 15 is 0 Å². The molecule has 5 aromatic rings. The van der Waals surface area contributed by atoms with Crippen LogP contribution < -0.4 is 5.32 Å². The molecule has 1 fully saturated rings. The Morgan fingerprint density at radius 2 is 1.63 bits per heavy atom. The Hall–Kier alpha value is -5.20. The van der Waals surface area contributed by atoms with Crippen LogP contribution in [0.25, 0.3) is 38.3 Å². The Kier molecular flexibility index (Phi) is 8.98. The number of amidine groups is 2. The van der Waals surface area contributed by atoms with Crippen LogP contribution in [-0.4, -0.2) is 32.6 Å². The number of allylic oxidation sites excluding steroid dienone is 6. The van der Waals surface area contributed by atoms with Crippen LogP contribution >= 0.6 is 11.8 Å². The van der Waals surface area contributed by atoms with Crippen molar-refractivity contribution in [3.05, 3.63) is 155 Å². The summed E-state index contributed by atoms with van der Waals surface area (Å²) >= 11 is 2.14. The van der Waals surface area contributed by atoms with Crippen LogP contribution in [0.2, 0.25) is 0 Å². The van der Waals surface area contributed by atoms with Gasteiger partial charge in [-0.15, -0.1) is 11.8 Å². The highest BCUT2D eigenvalue weighted by Crippen LogP contribution is 2.60. The van der Waals surface area contributed by atoms with E-state index in [1.54, 1.807) is 5.57 Å². The van der Waals surface area contributed by atoms with Crippen molar-refractivity contribution < 1.29 is 0 Å². The minimum Gasteiger partial charge on any atom is -0.348 e. The highest BCUT2D eigenvalue weighted by molar-refractivity contribution is 8.09. The summed E-state index contributed by atoms with van der Waals surface area (Å²) in [6.07, 6.45) is 20.6. The largest absolute Gasteiger partial charge is 0.348 e. The van der Waals surface area contributed by atoms with Gasteiger partial charge in [-0.2, -0.15) is 0 Å². The van der Waals surface area contributed by atoms with E-state index in [-0.39, 0.29) is 6.17 Å². The molecule has 6 aliphatic rings. The average molecular weight is 764 g/mol. The monoisotopic (exact) mass is 763 g/mol. The number of benzene rings is 3. The lowest BCUT2D eigenvalue weighted by Crippen LogP contribution is -2.46. The van der Waals surface area contributed by atoms with Crippen LogP contribution in [-0.2, 0) is 6.42 Å². The van der Waals surface area contributed by atoms with Gasteiger partial charge in [-0.1, -0.05) is 123 Å². The second-order valence-corrected chi connectivity index (χ2v) is 18.0. The van der Waals surface area contributed by atoms with Crippen LogP contribution in [0.15, 0.2) is 142 Å². The van der Waals surface area contributed by atoms with E-state index in [1.807, 2.05) is 0 Å². The maximum absolute atomic E-state index is 5.59. The number of nitrogens with zero attached hydrogens (tertiary/aromatic N) is 4. The molecule has 0 spiro atoms. The number of aromatic nitrogens is 2. The van der Waals surface area contributed by atoms with Gasteiger partial charge in [-0.3, -0.25) is 0 Å². The zero-order chi connectivity index (χ0) is 37.9. The summed E-state index contributed by atoms with van der Waals surface area (Å²) in [5, 5.41) is 5.76. The fourth-order valence-electron chi connectivity index (χ4n) is 10.7. The van der Waals surface area contributed by atoms with Crippen LogP contribution in [0.5, 0.6) is 0 Å². The number of nitrogens with one attached hydrogen (secondary N) is 1. The molecule has 11 rings (SSSR count). The maximum atomic E-state index is 5.59. The zero-order valence-electron chi connectivity index (χ0n) is 32.7. The number of aliphatic imine (C=N–C) groups is 2. The van der Waals surface area contributed by atoms with Gasteiger partial charge in [0.1, 0.15) is 17.7 Å². The lowest BCUT2D eigenvalue weighted by Gasteiger charge is -2.36. The van der Waals surface area contributed by atoms with Crippen molar-refractivity contribution >= 4 is 44.8 Å². The predicted molar refractivity (Wildman–Crippen MR) is 239 cm³/mol. The van der Waals surface area contributed by atoms with E-state index in [4.69, 9.17) is 15.0 Å². The van der Waals surface area contributed by atoms with E-state index in [9.17, 15) is 0 Å². The van der Waals surface area contributed by atoms with Crippen LogP contribution in [0.3, 0.4) is 0 Å². The number of thioether (sulfide) groups is 1. The number of aryl methyl sites for hydroxylation is 1. The molecule has 57 heavy (non-hydrogen) atoms. The first-order valence-electron chi connectivity index (χ1n) is 21.3. The quantitative estimate of drug-likeness (QED) is 0.187. The van der Waals surface area contributed by atoms with Crippen molar-refractivity contribution in [2.75, 3.05) is 0 Å². The lowest BCUT2D eigenvalue weighted by molar-refractivity contribution is 0.209. The molecule has 2 aliphatic heterocycles. The number of fused-ring (bicyclic) bond motifs is 6. The molecular weight excluding hydrogens is 715 g/mol. The van der Waals surface area contributed by atoms with Gasteiger partial charge >= 0.3 is 0 Å². The highest BCUT2D eigenvalue weighted by Gasteiger charge is 2.44. The number of rotatable bonds is 6. The molecule has 1 N–H and O–H groups in total. The molecule has 0 saturated heterocycles. The fraction of sp³-hybridized carbons (Fsp3) is 0.314. The third-order valence-corrected chi connectivity index (χ3v) is 15.0. The normalized spacial score (nSPS) is 25.5. The Balaban J connectivity index is 1.08. The van der Waals surface area contributed by atoms with Crippen molar-refractivity contribution in [2.45, 2.75) is 82.5 Å². The molecule has 5 nitrogen and oxygen atoms in total. The molecule has 0 radical (unpaired) electrons. The van der Waals surface area contributed by atoms with Crippen molar-refractivity contribution in [3.63, 3.8) is 0 Å². The van der Waals surface area contributed by atoms with Gasteiger partial charge in [-0.25, -0.2) is 15.0 Å². The highest BCUT2D eigenvalue weighted by atomic mass is 32.2. The first-order valence-corrected chi connectivity index (χ1v) is 22.2. The average Bonchev–Trinajstić information content (AvgIpc) is 3.83. The number of para-hydroxylation sites is 2. The van der Waals surface area contributed by atoms with Gasteiger partial charge in [-0.05, 0) is 97.4 Å². The van der Waals surface area contributed by atoms with Crippen molar-refractivity contribution in [1.82, 2.24) is 14.9 Å². The van der Waals surface area contributed by atoms with E-state index in [1.165, 1.54) is 81.6 Å².